The predicted molar refractivity (Wildman–Crippen MR) is 149 cm³/mol. The van der Waals surface area contributed by atoms with Crippen molar-refractivity contribution in [2.24, 2.45) is 0 Å². The van der Waals surface area contributed by atoms with Crippen LogP contribution in [0.5, 0.6) is 11.6 Å². The van der Waals surface area contributed by atoms with Crippen molar-refractivity contribution in [3.05, 3.63) is 59.7 Å². The average molecular weight is 605 g/mol. The fourth-order valence-corrected chi connectivity index (χ4v) is 7.91. The van der Waals surface area contributed by atoms with Crippen molar-refractivity contribution in [2.45, 2.75) is 54.5 Å². The summed E-state index contributed by atoms with van der Waals surface area (Å²) in [4.78, 5) is 19.8. The van der Waals surface area contributed by atoms with E-state index < -0.39 is 20.1 Å². The Morgan fingerprint density at radius 3 is 2.42 bits per heavy atom. The van der Waals surface area contributed by atoms with E-state index in [1.165, 1.54) is 21.9 Å². The number of thiazole rings is 1. The Hall–Kier alpha value is -3.33. The van der Waals surface area contributed by atoms with Crippen LogP contribution in [-0.4, -0.2) is 61.2 Å². The zero-order chi connectivity index (χ0) is 28.5. The Morgan fingerprint density at radius 2 is 1.80 bits per heavy atom. The molecular weight excluding hydrogens is 577 g/mol. The minimum Gasteiger partial charge on any atom is -0.491 e. The molecule has 14 heteroatoms. The van der Waals surface area contributed by atoms with Crippen molar-refractivity contribution in [3.63, 3.8) is 0 Å². The van der Waals surface area contributed by atoms with Gasteiger partial charge in [0.15, 0.2) is 0 Å². The van der Waals surface area contributed by atoms with Gasteiger partial charge in [0, 0.05) is 42.3 Å². The number of pyridine rings is 1. The van der Waals surface area contributed by atoms with Crippen LogP contribution in [0.1, 0.15) is 38.2 Å². The van der Waals surface area contributed by atoms with Gasteiger partial charge >= 0.3 is 10.1 Å². The van der Waals surface area contributed by atoms with Crippen LogP contribution in [0.3, 0.4) is 0 Å². The maximum absolute atomic E-state index is 13.3. The van der Waals surface area contributed by atoms with E-state index in [9.17, 15) is 21.6 Å². The van der Waals surface area contributed by atoms with Crippen LogP contribution in [0.15, 0.2) is 63.4 Å². The largest absolute Gasteiger partial charge is 0.491 e. The van der Waals surface area contributed by atoms with Gasteiger partial charge in [-0.05, 0) is 68.5 Å². The van der Waals surface area contributed by atoms with Crippen molar-refractivity contribution >= 4 is 48.8 Å². The topological polar surface area (TPSA) is 138 Å². The van der Waals surface area contributed by atoms with Crippen LogP contribution >= 0.6 is 11.3 Å². The summed E-state index contributed by atoms with van der Waals surface area (Å²) in [5.74, 6) is 0.504. The molecule has 4 heterocycles. The fraction of sp³-hybridized carbons (Fsp3) is 0.346. The first-order valence-corrected chi connectivity index (χ1v) is 16.4. The van der Waals surface area contributed by atoms with Crippen molar-refractivity contribution in [2.75, 3.05) is 13.1 Å². The zero-order valence-corrected chi connectivity index (χ0v) is 24.3. The highest BCUT2D eigenvalue weighted by molar-refractivity contribution is 7.89. The lowest BCUT2D eigenvalue weighted by molar-refractivity contribution is -0.108. The molecule has 5 rings (SSSR count). The molecule has 0 N–H and O–H groups in total. The SMILES string of the molecule is CC(C)Oc1ccc(S(=O)(=O)N2CCC(c3cn(CC=O)c4nc(OS(=O)(=O)c5nccs5)ccc34)CC2)cc1. The number of benzene rings is 1. The van der Waals surface area contributed by atoms with Crippen LogP contribution in [0.4, 0.5) is 0 Å². The molecule has 0 spiro atoms. The molecule has 3 aromatic heterocycles. The maximum atomic E-state index is 13.3. The number of sulfonamides is 1. The van der Waals surface area contributed by atoms with Gasteiger partial charge in [0.2, 0.25) is 20.2 Å². The highest BCUT2D eigenvalue weighted by Gasteiger charge is 2.31. The number of ether oxygens (including phenoxy) is 1. The van der Waals surface area contributed by atoms with Crippen LogP contribution < -0.4 is 8.92 Å². The van der Waals surface area contributed by atoms with E-state index in [1.807, 2.05) is 20.0 Å². The molecule has 0 radical (unpaired) electrons. The Balaban J connectivity index is 1.34. The summed E-state index contributed by atoms with van der Waals surface area (Å²) in [6.45, 7) is 4.50. The number of piperidine rings is 1. The van der Waals surface area contributed by atoms with Gasteiger partial charge in [-0.2, -0.15) is 17.7 Å². The van der Waals surface area contributed by atoms with Crippen molar-refractivity contribution < 1.29 is 30.6 Å². The number of rotatable bonds is 10. The Morgan fingerprint density at radius 1 is 1.07 bits per heavy atom. The first kappa shape index (κ1) is 28.2. The van der Waals surface area contributed by atoms with Crippen LogP contribution in [0, 0.1) is 0 Å². The van der Waals surface area contributed by atoms with Crippen LogP contribution in [-0.2, 0) is 31.5 Å². The predicted octanol–water partition coefficient (Wildman–Crippen LogP) is 3.81. The van der Waals surface area contributed by atoms with E-state index in [0.29, 0.717) is 37.3 Å². The van der Waals surface area contributed by atoms with E-state index in [2.05, 4.69) is 9.97 Å². The second-order valence-corrected chi connectivity index (χ2v) is 14.1. The number of nitrogens with zero attached hydrogens (tertiary/aromatic N) is 4. The molecule has 1 aliphatic heterocycles. The summed E-state index contributed by atoms with van der Waals surface area (Å²) >= 11 is 0.934. The standard InChI is InChI=1S/C26H28N4O7S3/c1-18(2)36-20-3-5-21(6-4-20)39(32,33)30-12-9-19(10-13-30)23-17-29(14-15-31)25-22(23)7-8-24(28-25)37-40(34,35)26-27-11-16-38-26/h3-8,11,15-19H,9-10,12-14H2,1-2H3. The molecule has 0 aliphatic carbocycles. The van der Waals surface area contributed by atoms with E-state index in [-0.39, 0.29) is 33.7 Å². The molecule has 0 amide bonds. The van der Waals surface area contributed by atoms with Crippen molar-refractivity contribution in [1.29, 1.82) is 0 Å². The Labute approximate surface area is 236 Å². The highest BCUT2D eigenvalue weighted by Crippen LogP contribution is 2.36. The summed E-state index contributed by atoms with van der Waals surface area (Å²) in [5.41, 5.74) is 1.33. The van der Waals surface area contributed by atoms with Gasteiger partial charge in [0.05, 0.1) is 17.5 Å². The molecule has 0 saturated carbocycles. The quantitative estimate of drug-likeness (QED) is 0.195. The molecule has 212 valence electrons. The summed E-state index contributed by atoms with van der Waals surface area (Å²) in [5, 5.41) is 2.28. The second kappa shape index (κ2) is 11.3. The number of aromatic nitrogens is 3. The maximum Gasteiger partial charge on any atom is 0.368 e. The lowest BCUT2D eigenvalue weighted by Crippen LogP contribution is -2.37. The molecular formula is C26H28N4O7S3. The van der Waals surface area contributed by atoms with Crippen molar-refractivity contribution in [3.8, 4) is 11.6 Å². The second-order valence-electron chi connectivity index (χ2n) is 9.58. The Kier molecular flexibility index (Phi) is 7.95. The van der Waals surface area contributed by atoms with Crippen LogP contribution in [0.25, 0.3) is 11.0 Å². The van der Waals surface area contributed by atoms with Gasteiger partial charge in [-0.3, -0.25) is 0 Å². The number of hydrogen-bond donors (Lipinski definition) is 0. The number of aldehydes is 1. The molecule has 1 saturated heterocycles. The third kappa shape index (κ3) is 5.75. The number of fused-ring (bicyclic) bond motifs is 1. The van der Waals surface area contributed by atoms with Gasteiger partial charge < -0.3 is 18.3 Å². The first-order chi connectivity index (χ1) is 19.1. The minimum atomic E-state index is -4.13. The molecule has 4 aromatic rings. The minimum absolute atomic E-state index is 0.00940. The smallest absolute Gasteiger partial charge is 0.368 e. The summed E-state index contributed by atoms with van der Waals surface area (Å²) < 4.78 is 65.3. The van der Waals surface area contributed by atoms with Gasteiger partial charge in [-0.15, -0.1) is 11.3 Å². The van der Waals surface area contributed by atoms with Gasteiger partial charge in [-0.25, -0.2) is 13.4 Å². The number of carbonyl (C=O) groups is 1. The van der Waals surface area contributed by atoms with Gasteiger partial charge in [0.1, 0.15) is 17.7 Å². The normalized spacial score (nSPS) is 15.5. The third-order valence-electron chi connectivity index (χ3n) is 6.54. The molecule has 1 fully saturated rings. The van der Waals surface area contributed by atoms with E-state index in [1.54, 1.807) is 34.9 Å². The lowest BCUT2D eigenvalue weighted by Gasteiger charge is -2.31. The fourth-order valence-electron chi connectivity index (χ4n) is 4.77. The number of carbonyl (C=O) groups excluding carboxylic acids is 1. The molecule has 1 aliphatic rings. The summed E-state index contributed by atoms with van der Waals surface area (Å²) in [6, 6.07) is 9.63. The van der Waals surface area contributed by atoms with Gasteiger partial charge in [0.25, 0.3) is 0 Å². The van der Waals surface area contributed by atoms with Crippen molar-refractivity contribution in [1.82, 2.24) is 18.8 Å². The first-order valence-electron chi connectivity index (χ1n) is 12.6. The third-order valence-corrected chi connectivity index (χ3v) is 10.8. The van der Waals surface area contributed by atoms with Crippen LogP contribution in [0.2, 0.25) is 0 Å². The molecule has 0 unspecified atom stereocenters. The lowest BCUT2D eigenvalue weighted by atomic mass is 9.90. The zero-order valence-electron chi connectivity index (χ0n) is 21.8. The summed E-state index contributed by atoms with van der Waals surface area (Å²) in [6.07, 6.45) is 5.07. The highest BCUT2D eigenvalue weighted by atomic mass is 32.3. The Bertz CT molecular complexity index is 1710. The molecule has 0 atom stereocenters. The molecule has 1 aromatic carbocycles. The molecule has 11 nitrogen and oxygen atoms in total. The van der Waals surface area contributed by atoms with E-state index >= 15 is 0 Å². The molecule has 40 heavy (non-hydrogen) atoms. The molecule has 0 bridgehead atoms. The van der Waals surface area contributed by atoms with E-state index in [4.69, 9.17) is 8.92 Å². The monoisotopic (exact) mass is 604 g/mol. The number of hydrogen-bond acceptors (Lipinski definition) is 10. The summed E-state index contributed by atoms with van der Waals surface area (Å²) in [7, 11) is -7.80. The van der Waals surface area contributed by atoms with Gasteiger partial charge in [-0.1, -0.05) is 0 Å². The average Bonchev–Trinajstić information content (AvgIpc) is 3.59. The van der Waals surface area contributed by atoms with E-state index in [0.717, 1.165) is 28.6 Å².